The highest BCUT2D eigenvalue weighted by Crippen LogP contribution is 2.30. The molecule has 1 unspecified atom stereocenters. The molecule has 0 saturated carbocycles. The summed E-state index contributed by atoms with van der Waals surface area (Å²) in [5, 5.41) is 0.728. The topological polar surface area (TPSA) is 66.4 Å². The lowest BCUT2D eigenvalue weighted by atomic mass is 10.2. The molecule has 126 valence electrons. The Morgan fingerprint density at radius 3 is 2.79 bits per heavy atom. The lowest BCUT2D eigenvalue weighted by molar-refractivity contribution is -0.132. The maximum atomic E-state index is 13.0. The summed E-state index contributed by atoms with van der Waals surface area (Å²) < 4.78 is 0. The number of thiazole rings is 1. The molecule has 3 rings (SSSR count). The molecule has 0 aromatic carbocycles. The number of carbonyl (C=O) groups excluding carboxylic acids is 2. The van der Waals surface area contributed by atoms with Gasteiger partial charge in [0.25, 0.3) is 5.91 Å². The van der Waals surface area contributed by atoms with Crippen LogP contribution in [-0.2, 0) is 4.79 Å². The molecule has 2 amide bonds. The maximum Gasteiger partial charge on any atom is 0.266 e. The molecule has 0 spiro atoms. The number of hydrogen-bond donors (Lipinski definition) is 0. The van der Waals surface area contributed by atoms with Crippen molar-refractivity contribution < 1.29 is 9.59 Å². The summed E-state index contributed by atoms with van der Waals surface area (Å²) in [6.07, 6.45) is 3.27. The van der Waals surface area contributed by atoms with Gasteiger partial charge in [-0.1, -0.05) is 6.07 Å². The molecule has 0 N–H and O–H groups in total. The second-order valence-corrected chi connectivity index (χ2v) is 7.04. The Balaban J connectivity index is 1.88. The first-order valence-electron chi connectivity index (χ1n) is 7.90. The third-order valence-corrected chi connectivity index (χ3v) is 5.28. The van der Waals surface area contributed by atoms with Crippen LogP contribution in [0.15, 0.2) is 24.4 Å². The van der Waals surface area contributed by atoms with Gasteiger partial charge in [0.1, 0.15) is 15.9 Å². The van der Waals surface area contributed by atoms with E-state index in [0.29, 0.717) is 23.5 Å². The van der Waals surface area contributed by atoms with Gasteiger partial charge in [0.15, 0.2) is 0 Å². The minimum Gasteiger partial charge on any atom is -0.347 e. The van der Waals surface area contributed by atoms with Crippen molar-refractivity contribution in [3.8, 4) is 10.7 Å². The molecule has 1 saturated heterocycles. The highest BCUT2D eigenvalue weighted by Gasteiger charge is 2.36. The van der Waals surface area contributed by atoms with Crippen molar-refractivity contribution in [3.05, 3.63) is 35.0 Å². The molecule has 6 nitrogen and oxygen atoms in total. The molecule has 3 heterocycles. The first-order valence-corrected chi connectivity index (χ1v) is 8.71. The second-order valence-electron chi connectivity index (χ2n) is 6.04. The van der Waals surface area contributed by atoms with E-state index in [-0.39, 0.29) is 17.9 Å². The maximum absolute atomic E-state index is 13.0. The summed E-state index contributed by atoms with van der Waals surface area (Å²) in [7, 11) is 3.45. The fourth-order valence-electron chi connectivity index (χ4n) is 2.89. The summed E-state index contributed by atoms with van der Waals surface area (Å²) in [4.78, 5) is 37.9. The van der Waals surface area contributed by atoms with Crippen molar-refractivity contribution in [1.82, 2.24) is 19.8 Å². The van der Waals surface area contributed by atoms with Crippen LogP contribution >= 0.6 is 11.3 Å². The molecule has 0 aliphatic carbocycles. The van der Waals surface area contributed by atoms with E-state index in [1.54, 1.807) is 30.1 Å². The zero-order chi connectivity index (χ0) is 17.3. The molecule has 0 radical (unpaired) electrons. The number of likely N-dealkylation sites (tertiary alicyclic amines) is 1. The highest BCUT2D eigenvalue weighted by molar-refractivity contribution is 7.17. The largest absolute Gasteiger partial charge is 0.347 e. The molecule has 1 aliphatic rings. The van der Waals surface area contributed by atoms with Gasteiger partial charge < -0.3 is 9.80 Å². The molecular formula is C17H20N4O2S. The Kier molecular flexibility index (Phi) is 4.62. The fourth-order valence-corrected chi connectivity index (χ4v) is 3.89. The molecule has 1 atom stereocenters. The van der Waals surface area contributed by atoms with Gasteiger partial charge >= 0.3 is 0 Å². The number of aryl methyl sites for hydroxylation is 1. The molecular weight excluding hydrogens is 324 g/mol. The summed E-state index contributed by atoms with van der Waals surface area (Å²) >= 11 is 1.34. The van der Waals surface area contributed by atoms with Crippen LogP contribution in [-0.4, -0.2) is 58.3 Å². The average Bonchev–Trinajstić information content (AvgIpc) is 3.21. The van der Waals surface area contributed by atoms with Gasteiger partial charge in [0, 0.05) is 26.8 Å². The average molecular weight is 344 g/mol. The third kappa shape index (κ3) is 3.03. The van der Waals surface area contributed by atoms with Crippen LogP contribution in [0.5, 0.6) is 0 Å². The summed E-state index contributed by atoms with van der Waals surface area (Å²) in [5.41, 5.74) is 1.44. The van der Waals surface area contributed by atoms with Crippen molar-refractivity contribution >= 4 is 23.2 Å². The summed E-state index contributed by atoms with van der Waals surface area (Å²) in [6.45, 7) is 2.44. The first-order chi connectivity index (χ1) is 11.5. The second kappa shape index (κ2) is 6.68. The third-order valence-electron chi connectivity index (χ3n) is 4.11. The number of amides is 2. The smallest absolute Gasteiger partial charge is 0.266 e. The summed E-state index contributed by atoms with van der Waals surface area (Å²) in [6, 6.07) is 5.25. The van der Waals surface area contributed by atoms with Crippen LogP contribution in [0.1, 0.15) is 28.2 Å². The molecule has 2 aromatic rings. The monoisotopic (exact) mass is 344 g/mol. The van der Waals surface area contributed by atoms with E-state index >= 15 is 0 Å². The van der Waals surface area contributed by atoms with Gasteiger partial charge in [-0.3, -0.25) is 14.6 Å². The highest BCUT2D eigenvalue weighted by atomic mass is 32.1. The molecule has 7 heteroatoms. The van der Waals surface area contributed by atoms with Gasteiger partial charge in [-0.25, -0.2) is 4.98 Å². The minimum atomic E-state index is -0.368. The van der Waals surface area contributed by atoms with Gasteiger partial charge in [-0.2, -0.15) is 0 Å². The number of rotatable bonds is 3. The molecule has 24 heavy (non-hydrogen) atoms. The number of pyridine rings is 1. The molecule has 1 aliphatic heterocycles. The summed E-state index contributed by atoms with van der Waals surface area (Å²) in [5.74, 6) is -0.127. The van der Waals surface area contributed by atoms with Crippen molar-refractivity contribution in [2.75, 3.05) is 20.6 Å². The van der Waals surface area contributed by atoms with Crippen LogP contribution < -0.4 is 0 Å². The van der Waals surface area contributed by atoms with E-state index in [0.717, 1.165) is 17.1 Å². The molecule has 1 fully saturated rings. The van der Waals surface area contributed by atoms with E-state index < -0.39 is 0 Å². The number of carbonyl (C=O) groups is 2. The number of nitrogens with zero attached hydrogens (tertiary/aromatic N) is 4. The molecule has 2 aromatic heterocycles. The van der Waals surface area contributed by atoms with Crippen molar-refractivity contribution in [2.45, 2.75) is 25.8 Å². The quantitative estimate of drug-likeness (QED) is 0.856. The normalized spacial score (nSPS) is 17.1. The Hall–Kier alpha value is -2.28. The zero-order valence-corrected chi connectivity index (χ0v) is 14.8. The lowest BCUT2D eigenvalue weighted by Crippen LogP contribution is -2.45. The minimum absolute atomic E-state index is 0.0204. The van der Waals surface area contributed by atoms with Crippen LogP contribution in [0, 0.1) is 6.92 Å². The first kappa shape index (κ1) is 16.6. The Morgan fingerprint density at radius 1 is 1.33 bits per heavy atom. The Morgan fingerprint density at radius 2 is 2.12 bits per heavy atom. The predicted octanol–water partition coefficient (Wildman–Crippen LogP) is 2.21. The van der Waals surface area contributed by atoms with Crippen molar-refractivity contribution in [1.29, 1.82) is 0 Å². The Labute approximate surface area is 145 Å². The van der Waals surface area contributed by atoms with Crippen LogP contribution in [0.2, 0.25) is 0 Å². The van der Waals surface area contributed by atoms with E-state index in [1.807, 2.05) is 25.1 Å². The van der Waals surface area contributed by atoms with Gasteiger partial charge in [0.05, 0.1) is 11.4 Å². The molecule has 0 bridgehead atoms. The number of hydrogen-bond acceptors (Lipinski definition) is 5. The standard InChI is InChI=1S/C17H20N4O2S/c1-11-14(24-15(19-11)12-7-4-5-9-18-12)17(23)21-10-6-8-13(21)16(22)20(2)3/h4-5,7,9,13H,6,8,10H2,1-3H3. The van der Waals surface area contributed by atoms with Gasteiger partial charge in [-0.05, 0) is 31.9 Å². The number of likely N-dealkylation sites (N-methyl/N-ethyl adjacent to an activating group) is 1. The Bertz CT molecular complexity index is 757. The van der Waals surface area contributed by atoms with Crippen molar-refractivity contribution in [2.24, 2.45) is 0 Å². The van der Waals surface area contributed by atoms with Crippen LogP contribution in [0.4, 0.5) is 0 Å². The van der Waals surface area contributed by atoms with Crippen molar-refractivity contribution in [3.63, 3.8) is 0 Å². The van der Waals surface area contributed by atoms with Crippen LogP contribution in [0.3, 0.4) is 0 Å². The fraction of sp³-hybridized carbons (Fsp3) is 0.412. The number of aromatic nitrogens is 2. The zero-order valence-electron chi connectivity index (χ0n) is 14.0. The van der Waals surface area contributed by atoms with E-state index in [2.05, 4.69) is 9.97 Å². The van der Waals surface area contributed by atoms with Gasteiger partial charge in [0.2, 0.25) is 5.91 Å². The SMILES string of the molecule is Cc1nc(-c2ccccn2)sc1C(=O)N1CCCC1C(=O)N(C)C. The van der Waals surface area contributed by atoms with E-state index in [1.165, 1.54) is 11.3 Å². The lowest BCUT2D eigenvalue weighted by Gasteiger charge is -2.25. The van der Waals surface area contributed by atoms with E-state index in [4.69, 9.17) is 0 Å². The van der Waals surface area contributed by atoms with Gasteiger partial charge in [-0.15, -0.1) is 11.3 Å². The predicted molar refractivity (Wildman–Crippen MR) is 92.8 cm³/mol. The van der Waals surface area contributed by atoms with Crippen LogP contribution in [0.25, 0.3) is 10.7 Å². The van der Waals surface area contributed by atoms with E-state index in [9.17, 15) is 9.59 Å².